The lowest BCUT2D eigenvalue weighted by Gasteiger charge is -2.19. The maximum absolute atomic E-state index is 12.2. The third kappa shape index (κ3) is 4.15. The number of anilines is 2. The smallest absolute Gasteiger partial charge is 0.243 e. The SMILES string of the molecule is COc1cc(NC(=O)CN(C)c2ccccc2)cc(OC)c1. The van der Waals surface area contributed by atoms with Crippen molar-refractivity contribution in [1.82, 2.24) is 0 Å². The van der Waals surface area contributed by atoms with E-state index in [1.165, 1.54) is 0 Å². The molecule has 2 aromatic carbocycles. The van der Waals surface area contributed by atoms with E-state index in [1.54, 1.807) is 32.4 Å². The number of methoxy groups -OCH3 is 2. The first-order valence-electron chi connectivity index (χ1n) is 6.91. The molecule has 0 aromatic heterocycles. The first-order chi connectivity index (χ1) is 10.6. The van der Waals surface area contributed by atoms with Gasteiger partial charge in [0, 0.05) is 36.6 Å². The number of hydrogen-bond acceptors (Lipinski definition) is 4. The number of para-hydroxylation sites is 1. The molecule has 0 unspecified atom stereocenters. The zero-order valence-electron chi connectivity index (χ0n) is 13.0. The Bertz CT molecular complexity index is 607. The van der Waals surface area contributed by atoms with Gasteiger partial charge in [-0.15, -0.1) is 0 Å². The minimum Gasteiger partial charge on any atom is -0.497 e. The number of rotatable bonds is 6. The molecule has 2 rings (SSSR count). The van der Waals surface area contributed by atoms with Crippen LogP contribution in [0.3, 0.4) is 0 Å². The van der Waals surface area contributed by atoms with Gasteiger partial charge in [0.25, 0.3) is 0 Å². The van der Waals surface area contributed by atoms with Crippen LogP contribution in [0.25, 0.3) is 0 Å². The van der Waals surface area contributed by atoms with Crippen molar-refractivity contribution in [2.24, 2.45) is 0 Å². The average molecular weight is 300 g/mol. The van der Waals surface area contributed by atoms with E-state index in [4.69, 9.17) is 9.47 Å². The molecule has 22 heavy (non-hydrogen) atoms. The topological polar surface area (TPSA) is 50.8 Å². The number of carbonyl (C=O) groups is 1. The Labute approximate surface area is 130 Å². The molecular formula is C17H20N2O3. The molecule has 5 heteroatoms. The van der Waals surface area contributed by atoms with Crippen molar-refractivity contribution in [3.63, 3.8) is 0 Å². The summed E-state index contributed by atoms with van der Waals surface area (Å²) in [7, 11) is 5.02. The summed E-state index contributed by atoms with van der Waals surface area (Å²) in [4.78, 5) is 14.0. The largest absolute Gasteiger partial charge is 0.497 e. The van der Waals surface area contributed by atoms with E-state index < -0.39 is 0 Å². The Balaban J connectivity index is 2.03. The molecular weight excluding hydrogens is 280 g/mol. The first kappa shape index (κ1) is 15.7. The fraction of sp³-hybridized carbons (Fsp3) is 0.235. The lowest BCUT2D eigenvalue weighted by atomic mass is 10.2. The van der Waals surface area contributed by atoms with Crippen LogP contribution in [-0.4, -0.2) is 33.7 Å². The Hall–Kier alpha value is -2.69. The molecule has 0 bridgehead atoms. The third-order valence-electron chi connectivity index (χ3n) is 3.21. The fourth-order valence-corrected chi connectivity index (χ4v) is 2.07. The van der Waals surface area contributed by atoms with Crippen LogP contribution in [0.2, 0.25) is 0 Å². The summed E-state index contributed by atoms with van der Waals surface area (Å²) in [5.74, 6) is 1.15. The first-order valence-corrected chi connectivity index (χ1v) is 6.91. The molecule has 0 radical (unpaired) electrons. The van der Waals surface area contributed by atoms with Gasteiger partial charge in [-0.25, -0.2) is 0 Å². The third-order valence-corrected chi connectivity index (χ3v) is 3.21. The zero-order valence-corrected chi connectivity index (χ0v) is 13.0. The van der Waals surface area contributed by atoms with Crippen molar-refractivity contribution in [1.29, 1.82) is 0 Å². The van der Waals surface area contributed by atoms with E-state index in [2.05, 4.69) is 5.32 Å². The number of amides is 1. The molecule has 0 aliphatic rings. The lowest BCUT2D eigenvalue weighted by molar-refractivity contribution is -0.114. The van der Waals surface area contributed by atoms with E-state index in [0.717, 1.165) is 5.69 Å². The van der Waals surface area contributed by atoms with Crippen LogP contribution in [0.4, 0.5) is 11.4 Å². The van der Waals surface area contributed by atoms with Gasteiger partial charge in [0.15, 0.2) is 0 Å². The van der Waals surface area contributed by atoms with Gasteiger partial charge >= 0.3 is 0 Å². The molecule has 0 spiro atoms. The predicted molar refractivity (Wildman–Crippen MR) is 87.9 cm³/mol. The average Bonchev–Trinajstić information content (AvgIpc) is 2.55. The molecule has 0 saturated heterocycles. The van der Waals surface area contributed by atoms with Crippen molar-refractivity contribution in [2.75, 3.05) is 38.0 Å². The number of carbonyl (C=O) groups excluding carboxylic acids is 1. The van der Waals surface area contributed by atoms with Crippen molar-refractivity contribution in [3.8, 4) is 11.5 Å². The van der Waals surface area contributed by atoms with Crippen molar-refractivity contribution in [2.45, 2.75) is 0 Å². The number of ether oxygens (including phenoxy) is 2. The second-order valence-electron chi connectivity index (χ2n) is 4.84. The number of likely N-dealkylation sites (N-methyl/N-ethyl adjacent to an activating group) is 1. The molecule has 2 aromatic rings. The molecule has 0 aliphatic carbocycles. The summed E-state index contributed by atoms with van der Waals surface area (Å²) in [5, 5.41) is 2.85. The number of benzene rings is 2. The van der Waals surface area contributed by atoms with Gasteiger partial charge in [0.2, 0.25) is 5.91 Å². The summed E-state index contributed by atoms with van der Waals surface area (Å²) in [6, 6.07) is 15.0. The normalized spacial score (nSPS) is 9.95. The number of hydrogen-bond donors (Lipinski definition) is 1. The van der Waals surface area contributed by atoms with Gasteiger partial charge in [-0.1, -0.05) is 18.2 Å². The minimum absolute atomic E-state index is 0.110. The highest BCUT2D eigenvalue weighted by atomic mass is 16.5. The highest BCUT2D eigenvalue weighted by Gasteiger charge is 2.09. The predicted octanol–water partition coefficient (Wildman–Crippen LogP) is 2.78. The highest BCUT2D eigenvalue weighted by molar-refractivity contribution is 5.94. The van der Waals surface area contributed by atoms with Crippen molar-refractivity contribution >= 4 is 17.3 Å². The molecule has 0 aliphatic heterocycles. The van der Waals surface area contributed by atoms with Gasteiger partial charge in [-0.2, -0.15) is 0 Å². The second-order valence-corrected chi connectivity index (χ2v) is 4.84. The van der Waals surface area contributed by atoms with Crippen LogP contribution >= 0.6 is 0 Å². The Morgan fingerprint density at radius 2 is 1.64 bits per heavy atom. The van der Waals surface area contributed by atoms with E-state index in [0.29, 0.717) is 17.2 Å². The van der Waals surface area contributed by atoms with Gasteiger partial charge < -0.3 is 19.7 Å². The monoisotopic (exact) mass is 300 g/mol. The van der Waals surface area contributed by atoms with Gasteiger partial charge in [0.1, 0.15) is 11.5 Å². The Morgan fingerprint density at radius 3 is 2.18 bits per heavy atom. The van der Waals surface area contributed by atoms with Crippen LogP contribution in [0.5, 0.6) is 11.5 Å². The molecule has 0 saturated carbocycles. The Kier molecular flexibility index (Phi) is 5.25. The summed E-state index contributed by atoms with van der Waals surface area (Å²) < 4.78 is 10.4. The Morgan fingerprint density at radius 1 is 1.05 bits per heavy atom. The van der Waals surface area contributed by atoms with Gasteiger partial charge in [-0.3, -0.25) is 4.79 Å². The summed E-state index contributed by atoms with van der Waals surface area (Å²) >= 11 is 0. The maximum Gasteiger partial charge on any atom is 0.243 e. The van der Waals surface area contributed by atoms with E-state index in [-0.39, 0.29) is 12.5 Å². The number of nitrogens with zero attached hydrogens (tertiary/aromatic N) is 1. The van der Waals surface area contributed by atoms with Gasteiger partial charge in [0.05, 0.1) is 20.8 Å². The van der Waals surface area contributed by atoms with Crippen LogP contribution in [0.1, 0.15) is 0 Å². The van der Waals surface area contributed by atoms with Crippen LogP contribution in [-0.2, 0) is 4.79 Å². The standard InChI is InChI=1S/C17H20N2O3/c1-19(14-7-5-4-6-8-14)12-17(20)18-13-9-15(21-2)11-16(10-13)22-3/h4-11H,12H2,1-3H3,(H,18,20). The summed E-state index contributed by atoms with van der Waals surface area (Å²) in [6.07, 6.45) is 0. The zero-order chi connectivity index (χ0) is 15.9. The van der Waals surface area contributed by atoms with Gasteiger partial charge in [-0.05, 0) is 12.1 Å². The van der Waals surface area contributed by atoms with Crippen molar-refractivity contribution in [3.05, 3.63) is 48.5 Å². The molecule has 116 valence electrons. The van der Waals surface area contributed by atoms with E-state index in [9.17, 15) is 4.79 Å². The van der Waals surface area contributed by atoms with E-state index in [1.807, 2.05) is 42.3 Å². The summed E-state index contributed by atoms with van der Waals surface area (Å²) in [6.45, 7) is 0.254. The number of nitrogens with one attached hydrogen (secondary N) is 1. The highest BCUT2D eigenvalue weighted by Crippen LogP contribution is 2.25. The molecule has 1 amide bonds. The van der Waals surface area contributed by atoms with Crippen LogP contribution in [0, 0.1) is 0 Å². The molecule has 0 fully saturated rings. The van der Waals surface area contributed by atoms with Crippen LogP contribution < -0.4 is 19.7 Å². The lowest BCUT2D eigenvalue weighted by Crippen LogP contribution is -2.29. The van der Waals surface area contributed by atoms with E-state index >= 15 is 0 Å². The molecule has 0 heterocycles. The molecule has 5 nitrogen and oxygen atoms in total. The molecule has 0 atom stereocenters. The second kappa shape index (κ2) is 7.36. The van der Waals surface area contributed by atoms with Crippen molar-refractivity contribution < 1.29 is 14.3 Å². The maximum atomic E-state index is 12.2. The fourth-order valence-electron chi connectivity index (χ4n) is 2.07. The minimum atomic E-state index is -0.110. The summed E-state index contributed by atoms with van der Waals surface area (Å²) in [5.41, 5.74) is 1.63. The quantitative estimate of drug-likeness (QED) is 0.891. The van der Waals surface area contributed by atoms with Crippen LogP contribution in [0.15, 0.2) is 48.5 Å². The molecule has 1 N–H and O–H groups in total.